The van der Waals surface area contributed by atoms with E-state index in [-0.39, 0.29) is 0 Å². The molecule has 6 heteroatoms. The van der Waals surface area contributed by atoms with E-state index in [1.54, 1.807) is 0 Å². The molecule has 0 aromatic heterocycles. The van der Waals surface area contributed by atoms with Crippen LogP contribution in [0, 0.1) is 5.92 Å². The Morgan fingerprint density at radius 3 is 2.78 bits per heavy atom. The van der Waals surface area contributed by atoms with E-state index in [0.717, 1.165) is 31.2 Å². The highest BCUT2D eigenvalue weighted by Crippen LogP contribution is 2.23. The van der Waals surface area contributed by atoms with E-state index in [0.29, 0.717) is 16.0 Å². The van der Waals surface area contributed by atoms with Gasteiger partial charge in [-0.1, -0.05) is 36.2 Å². The van der Waals surface area contributed by atoms with Gasteiger partial charge in [0.05, 0.1) is 10.0 Å². The van der Waals surface area contributed by atoms with Gasteiger partial charge in [-0.3, -0.25) is 4.99 Å². The summed E-state index contributed by atoms with van der Waals surface area (Å²) < 4.78 is 0. The SMILES string of the molecule is CCN1CCC(CNC(=NC)N(C)Cc2ccc(Cl)c(Cl)c2)C1. The molecule has 0 radical (unpaired) electrons. The van der Waals surface area contributed by atoms with Crippen LogP contribution < -0.4 is 5.32 Å². The van der Waals surface area contributed by atoms with E-state index < -0.39 is 0 Å². The summed E-state index contributed by atoms with van der Waals surface area (Å²) in [5, 5.41) is 4.67. The molecule has 1 aromatic rings. The van der Waals surface area contributed by atoms with Crippen molar-refractivity contribution in [3.63, 3.8) is 0 Å². The van der Waals surface area contributed by atoms with Crippen molar-refractivity contribution < 1.29 is 0 Å². The average molecular weight is 357 g/mol. The van der Waals surface area contributed by atoms with Crippen molar-refractivity contribution in [2.24, 2.45) is 10.9 Å². The van der Waals surface area contributed by atoms with E-state index in [1.807, 2.05) is 32.3 Å². The highest BCUT2D eigenvalue weighted by Gasteiger charge is 2.21. The van der Waals surface area contributed by atoms with Gasteiger partial charge >= 0.3 is 0 Å². The third kappa shape index (κ3) is 5.27. The standard InChI is InChI=1S/C17H26Cl2N4/c1-4-23-8-7-14(12-23)10-21-17(20-2)22(3)11-13-5-6-15(18)16(19)9-13/h5-6,9,14H,4,7-8,10-12H2,1-3H3,(H,20,21). The number of aliphatic imine (C=N–C) groups is 1. The Balaban J connectivity index is 1.86. The smallest absolute Gasteiger partial charge is 0.193 e. The molecule has 4 nitrogen and oxygen atoms in total. The first-order chi connectivity index (χ1) is 11.0. The molecule has 1 aliphatic rings. The zero-order valence-corrected chi connectivity index (χ0v) is 15.7. The first-order valence-electron chi connectivity index (χ1n) is 8.11. The highest BCUT2D eigenvalue weighted by molar-refractivity contribution is 6.42. The molecule has 0 spiro atoms. The van der Waals surface area contributed by atoms with E-state index >= 15 is 0 Å². The number of likely N-dealkylation sites (tertiary alicyclic amines) is 1. The third-order valence-corrected chi connectivity index (χ3v) is 5.08. The second-order valence-electron chi connectivity index (χ2n) is 6.08. The molecule has 2 rings (SSSR count). The van der Waals surface area contributed by atoms with Crippen LogP contribution in [0.15, 0.2) is 23.2 Å². The van der Waals surface area contributed by atoms with Crippen molar-refractivity contribution in [3.05, 3.63) is 33.8 Å². The molecule has 0 bridgehead atoms. The number of rotatable bonds is 5. The molecule has 1 N–H and O–H groups in total. The molecule has 0 saturated carbocycles. The first-order valence-corrected chi connectivity index (χ1v) is 8.87. The lowest BCUT2D eigenvalue weighted by Gasteiger charge is -2.24. The summed E-state index contributed by atoms with van der Waals surface area (Å²) >= 11 is 12.1. The zero-order chi connectivity index (χ0) is 16.8. The summed E-state index contributed by atoms with van der Waals surface area (Å²) in [7, 11) is 3.85. The van der Waals surface area contributed by atoms with Crippen LogP contribution in [-0.2, 0) is 6.54 Å². The fraction of sp³-hybridized carbons (Fsp3) is 0.588. The summed E-state index contributed by atoms with van der Waals surface area (Å²) in [6, 6.07) is 5.74. The summed E-state index contributed by atoms with van der Waals surface area (Å²) in [5.41, 5.74) is 1.11. The maximum atomic E-state index is 6.08. The molecule has 0 amide bonds. The van der Waals surface area contributed by atoms with Crippen LogP contribution in [0.3, 0.4) is 0 Å². The molecular formula is C17H26Cl2N4. The van der Waals surface area contributed by atoms with Gasteiger partial charge in [0.1, 0.15) is 0 Å². The lowest BCUT2D eigenvalue weighted by molar-refractivity contribution is 0.340. The molecule has 1 atom stereocenters. The average Bonchev–Trinajstić information content (AvgIpc) is 2.99. The topological polar surface area (TPSA) is 30.9 Å². The molecule has 1 saturated heterocycles. The number of nitrogens with one attached hydrogen (secondary N) is 1. The van der Waals surface area contributed by atoms with Crippen LogP contribution in [0.4, 0.5) is 0 Å². The Hall–Kier alpha value is -0.970. The second-order valence-corrected chi connectivity index (χ2v) is 6.89. The number of guanidine groups is 1. The molecule has 1 aliphatic heterocycles. The quantitative estimate of drug-likeness (QED) is 0.648. The van der Waals surface area contributed by atoms with E-state index in [1.165, 1.54) is 19.5 Å². The normalized spacial score (nSPS) is 19.2. The Morgan fingerprint density at radius 1 is 1.39 bits per heavy atom. The second kappa shape index (κ2) is 8.76. The molecule has 1 unspecified atom stereocenters. The molecule has 1 heterocycles. The molecule has 0 aliphatic carbocycles. The Bertz CT molecular complexity index is 547. The van der Waals surface area contributed by atoms with Gasteiger partial charge in [0, 0.05) is 33.7 Å². The van der Waals surface area contributed by atoms with Crippen LogP contribution in [0.5, 0.6) is 0 Å². The van der Waals surface area contributed by atoms with Gasteiger partial charge in [-0.15, -0.1) is 0 Å². The van der Waals surface area contributed by atoms with E-state index in [2.05, 4.69) is 27.0 Å². The number of nitrogens with zero attached hydrogens (tertiary/aromatic N) is 3. The van der Waals surface area contributed by atoms with Gasteiger partial charge in [-0.25, -0.2) is 0 Å². The monoisotopic (exact) mass is 356 g/mol. The Kier molecular flexibility index (Phi) is 7.00. The summed E-state index contributed by atoms with van der Waals surface area (Å²) in [4.78, 5) is 8.98. The van der Waals surface area contributed by atoms with Crippen LogP contribution in [-0.4, -0.2) is 56.0 Å². The summed E-state index contributed by atoms with van der Waals surface area (Å²) in [5.74, 6) is 1.61. The van der Waals surface area contributed by atoms with E-state index in [4.69, 9.17) is 23.2 Å². The fourth-order valence-corrected chi connectivity index (χ4v) is 3.29. The first kappa shape index (κ1) is 18.4. The largest absolute Gasteiger partial charge is 0.356 e. The minimum Gasteiger partial charge on any atom is -0.356 e. The van der Waals surface area contributed by atoms with Crippen LogP contribution in [0.1, 0.15) is 18.9 Å². The minimum atomic E-state index is 0.585. The van der Waals surface area contributed by atoms with Crippen molar-refractivity contribution in [1.29, 1.82) is 0 Å². The summed E-state index contributed by atoms with van der Waals surface area (Å²) in [6.45, 7) is 7.46. The van der Waals surface area contributed by atoms with Crippen molar-refractivity contribution in [3.8, 4) is 0 Å². The predicted molar refractivity (Wildman–Crippen MR) is 99.5 cm³/mol. The van der Waals surface area contributed by atoms with Crippen molar-refractivity contribution >= 4 is 29.2 Å². The number of benzene rings is 1. The number of halogens is 2. The molecule has 128 valence electrons. The van der Waals surface area contributed by atoms with Gasteiger partial charge in [-0.2, -0.15) is 0 Å². The van der Waals surface area contributed by atoms with Crippen LogP contribution in [0.2, 0.25) is 10.0 Å². The maximum absolute atomic E-state index is 6.08. The highest BCUT2D eigenvalue weighted by atomic mass is 35.5. The molecule has 1 fully saturated rings. The molecular weight excluding hydrogens is 331 g/mol. The number of hydrogen-bond donors (Lipinski definition) is 1. The van der Waals surface area contributed by atoms with Gasteiger partial charge in [0.25, 0.3) is 0 Å². The van der Waals surface area contributed by atoms with Crippen molar-refractivity contribution in [2.45, 2.75) is 19.9 Å². The zero-order valence-electron chi connectivity index (χ0n) is 14.1. The van der Waals surface area contributed by atoms with Crippen molar-refractivity contribution in [1.82, 2.24) is 15.1 Å². The fourth-order valence-electron chi connectivity index (χ4n) is 2.97. The van der Waals surface area contributed by atoms with Crippen molar-refractivity contribution in [2.75, 3.05) is 40.3 Å². The third-order valence-electron chi connectivity index (χ3n) is 4.34. The van der Waals surface area contributed by atoms with Gasteiger partial charge in [-0.05, 0) is 43.1 Å². The lowest BCUT2D eigenvalue weighted by Crippen LogP contribution is -2.41. The van der Waals surface area contributed by atoms with Crippen LogP contribution >= 0.6 is 23.2 Å². The minimum absolute atomic E-state index is 0.585. The summed E-state index contributed by atoms with van der Waals surface area (Å²) in [6.07, 6.45) is 1.26. The number of hydrogen-bond acceptors (Lipinski definition) is 2. The molecule has 23 heavy (non-hydrogen) atoms. The van der Waals surface area contributed by atoms with Gasteiger partial charge in [0.15, 0.2) is 5.96 Å². The Morgan fingerprint density at radius 2 is 2.17 bits per heavy atom. The van der Waals surface area contributed by atoms with E-state index in [9.17, 15) is 0 Å². The van der Waals surface area contributed by atoms with Gasteiger partial charge in [0.2, 0.25) is 0 Å². The van der Waals surface area contributed by atoms with Gasteiger partial charge < -0.3 is 15.1 Å². The predicted octanol–water partition coefficient (Wildman–Crippen LogP) is 3.34. The lowest BCUT2D eigenvalue weighted by atomic mass is 10.1. The Labute approximate surface area is 149 Å². The maximum Gasteiger partial charge on any atom is 0.193 e. The van der Waals surface area contributed by atoms with Crippen LogP contribution in [0.25, 0.3) is 0 Å². The molecule has 1 aromatic carbocycles.